The molecule has 0 aliphatic heterocycles. The van der Waals surface area contributed by atoms with Crippen LogP contribution in [0.4, 0.5) is 0 Å². The summed E-state index contributed by atoms with van der Waals surface area (Å²) in [5.74, 6) is 0.380. The highest BCUT2D eigenvalue weighted by Gasteiger charge is 2.15. The summed E-state index contributed by atoms with van der Waals surface area (Å²) < 4.78 is 26.5. The van der Waals surface area contributed by atoms with Crippen LogP contribution in [0.25, 0.3) is 0 Å². The van der Waals surface area contributed by atoms with E-state index < -0.39 is 10.0 Å². The second kappa shape index (κ2) is 6.19. The fraction of sp³-hybridized carbons (Fsp3) is 0.333. The molecule has 1 rings (SSSR count). The first-order chi connectivity index (χ1) is 7.97. The topological polar surface area (TPSA) is 46.2 Å². The van der Waals surface area contributed by atoms with Gasteiger partial charge in [-0.15, -0.1) is 11.6 Å². The predicted octanol–water partition coefficient (Wildman–Crippen LogP) is 2.38. The quantitative estimate of drug-likeness (QED) is 0.661. The number of hydrogen-bond acceptors (Lipinski definition) is 2. The molecule has 0 bridgehead atoms. The number of nitrogens with one attached hydrogen (secondary N) is 1. The third-order valence-corrected chi connectivity index (χ3v) is 4.02. The van der Waals surface area contributed by atoms with Crippen LogP contribution in [0.2, 0.25) is 0 Å². The van der Waals surface area contributed by atoms with E-state index in [1.807, 2.05) is 13.0 Å². The van der Waals surface area contributed by atoms with Crippen molar-refractivity contribution >= 4 is 21.6 Å². The van der Waals surface area contributed by atoms with Crippen LogP contribution in [-0.2, 0) is 10.0 Å². The number of hydrogen-bond donors (Lipinski definition) is 1. The number of aryl methyl sites for hydroxylation is 2. The lowest BCUT2D eigenvalue weighted by molar-refractivity contribution is 0.585. The molecule has 1 aromatic carbocycles. The van der Waals surface area contributed by atoms with Gasteiger partial charge in [0, 0.05) is 12.4 Å². The molecule has 0 spiro atoms. The van der Waals surface area contributed by atoms with Gasteiger partial charge in [0.1, 0.15) is 0 Å². The summed E-state index contributed by atoms with van der Waals surface area (Å²) in [7, 11) is -3.44. The fourth-order valence-corrected chi connectivity index (χ4v) is 2.81. The normalized spacial score (nSPS) is 12.2. The van der Waals surface area contributed by atoms with E-state index in [0.717, 1.165) is 11.1 Å². The van der Waals surface area contributed by atoms with Crippen molar-refractivity contribution in [3.05, 3.63) is 41.5 Å². The second-order valence-corrected chi connectivity index (χ2v) is 5.79. The van der Waals surface area contributed by atoms with E-state index in [1.165, 1.54) is 0 Å². The van der Waals surface area contributed by atoms with Crippen molar-refractivity contribution < 1.29 is 8.42 Å². The van der Waals surface area contributed by atoms with Gasteiger partial charge in [0.15, 0.2) is 0 Å². The lowest BCUT2D eigenvalue weighted by Gasteiger charge is -2.08. The Kier molecular flexibility index (Phi) is 5.18. The molecular formula is C12H16ClNO2S. The molecule has 0 aromatic heterocycles. The van der Waals surface area contributed by atoms with Crippen LogP contribution < -0.4 is 4.72 Å². The minimum Gasteiger partial charge on any atom is -0.207 e. The monoisotopic (exact) mass is 273 g/mol. The number of allylic oxidation sites excluding steroid dienone is 1. The highest BCUT2D eigenvalue weighted by Crippen LogP contribution is 2.16. The van der Waals surface area contributed by atoms with Gasteiger partial charge in [0.05, 0.1) is 4.90 Å². The number of halogens is 1. The highest BCUT2D eigenvalue weighted by molar-refractivity contribution is 7.89. The molecule has 1 N–H and O–H groups in total. The van der Waals surface area contributed by atoms with E-state index in [4.69, 9.17) is 11.6 Å². The van der Waals surface area contributed by atoms with Crippen molar-refractivity contribution in [1.82, 2.24) is 4.72 Å². The van der Waals surface area contributed by atoms with Crippen LogP contribution in [0.5, 0.6) is 0 Å². The summed E-state index contributed by atoms with van der Waals surface area (Å²) in [5, 5.41) is 0. The van der Waals surface area contributed by atoms with Gasteiger partial charge in [0.2, 0.25) is 10.0 Å². The average Bonchev–Trinajstić information content (AvgIpc) is 2.28. The largest absolute Gasteiger partial charge is 0.241 e. The van der Waals surface area contributed by atoms with E-state index in [2.05, 4.69) is 4.72 Å². The Labute approximate surface area is 108 Å². The summed E-state index contributed by atoms with van der Waals surface area (Å²) in [6.45, 7) is 3.90. The Balaban J connectivity index is 2.89. The maximum Gasteiger partial charge on any atom is 0.241 e. The van der Waals surface area contributed by atoms with Gasteiger partial charge in [-0.2, -0.15) is 0 Å². The van der Waals surface area contributed by atoms with Crippen molar-refractivity contribution in [2.24, 2.45) is 0 Å². The maximum atomic E-state index is 12.0. The van der Waals surface area contributed by atoms with Crippen LogP contribution >= 0.6 is 11.6 Å². The molecule has 0 fully saturated rings. The summed E-state index contributed by atoms with van der Waals surface area (Å²) in [5.41, 5.74) is 1.66. The van der Waals surface area contributed by atoms with Crippen molar-refractivity contribution in [2.45, 2.75) is 18.7 Å². The van der Waals surface area contributed by atoms with E-state index in [0.29, 0.717) is 10.8 Å². The van der Waals surface area contributed by atoms with E-state index in [1.54, 1.807) is 31.2 Å². The van der Waals surface area contributed by atoms with Gasteiger partial charge in [-0.3, -0.25) is 0 Å². The zero-order valence-corrected chi connectivity index (χ0v) is 11.5. The average molecular weight is 274 g/mol. The number of benzene rings is 1. The Morgan fingerprint density at radius 3 is 2.65 bits per heavy atom. The molecule has 17 heavy (non-hydrogen) atoms. The maximum absolute atomic E-state index is 12.0. The van der Waals surface area contributed by atoms with Crippen LogP contribution in [-0.4, -0.2) is 20.8 Å². The molecule has 0 aliphatic carbocycles. The number of rotatable bonds is 5. The predicted molar refractivity (Wildman–Crippen MR) is 71.0 cm³/mol. The van der Waals surface area contributed by atoms with Crippen molar-refractivity contribution in [2.75, 3.05) is 12.4 Å². The van der Waals surface area contributed by atoms with Crippen LogP contribution in [0, 0.1) is 13.8 Å². The summed E-state index contributed by atoms with van der Waals surface area (Å²) >= 11 is 5.45. The van der Waals surface area contributed by atoms with Crippen LogP contribution in [0.1, 0.15) is 11.1 Å². The molecule has 0 radical (unpaired) electrons. The second-order valence-electron chi connectivity index (χ2n) is 3.75. The van der Waals surface area contributed by atoms with Gasteiger partial charge in [-0.1, -0.05) is 24.3 Å². The van der Waals surface area contributed by atoms with Gasteiger partial charge in [-0.25, -0.2) is 13.1 Å². The molecule has 0 unspecified atom stereocenters. The Hall–Kier alpha value is -0.840. The van der Waals surface area contributed by atoms with Gasteiger partial charge in [0.25, 0.3) is 0 Å². The Morgan fingerprint density at radius 1 is 1.29 bits per heavy atom. The first-order valence-electron chi connectivity index (χ1n) is 5.25. The van der Waals surface area contributed by atoms with Gasteiger partial charge in [-0.05, 0) is 31.0 Å². The minimum absolute atomic E-state index is 0.252. The lowest BCUT2D eigenvalue weighted by atomic mass is 10.2. The Bertz CT molecular complexity index is 509. The molecule has 3 nitrogen and oxygen atoms in total. The van der Waals surface area contributed by atoms with Crippen molar-refractivity contribution in [3.8, 4) is 0 Å². The van der Waals surface area contributed by atoms with Gasteiger partial charge >= 0.3 is 0 Å². The van der Waals surface area contributed by atoms with E-state index in [-0.39, 0.29) is 6.54 Å². The molecule has 5 heteroatoms. The number of sulfonamides is 1. The van der Waals surface area contributed by atoms with Gasteiger partial charge < -0.3 is 0 Å². The third-order valence-electron chi connectivity index (χ3n) is 2.28. The van der Waals surface area contributed by atoms with Crippen LogP contribution in [0.15, 0.2) is 35.2 Å². The molecule has 0 atom stereocenters. The summed E-state index contributed by atoms with van der Waals surface area (Å²) in [4.78, 5) is 0.330. The van der Waals surface area contributed by atoms with Crippen LogP contribution in [0.3, 0.4) is 0 Å². The van der Waals surface area contributed by atoms with Crippen molar-refractivity contribution in [1.29, 1.82) is 0 Å². The third kappa shape index (κ3) is 4.15. The molecule has 0 saturated carbocycles. The fourth-order valence-electron chi connectivity index (χ4n) is 1.38. The molecule has 94 valence electrons. The summed E-state index contributed by atoms with van der Waals surface area (Å²) in [6.07, 6.45) is 3.39. The highest BCUT2D eigenvalue weighted by atomic mass is 35.5. The lowest BCUT2D eigenvalue weighted by Crippen LogP contribution is -2.24. The van der Waals surface area contributed by atoms with Crippen molar-refractivity contribution in [3.63, 3.8) is 0 Å². The van der Waals surface area contributed by atoms with E-state index >= 15 is 0 Å². The molecular weight excluding hydrogens is 258 g/mol. The Morgan fingerprint density at radius 2 is 2.00 bits per heavy atom. The molecule has 0 heterocycles. The smallest absolute Gasteiger partial charge is 0.207 e. The zero-order chi connectivity index (χ0) is 12.9. The molecule has 1 aromatic rings. The minimum atomic E-state index is -3.44. The molecule has 0 saturated heterocycles. The zero-order valence-electron chi connectivity index (χ0n) is 9.90. The molecule has 0 aliphatic rings. The van der Waals surface area contributed by atoms with E-state index in [9.17, 15) is 8.42 Å². The first kappa shape index (κ1) is 14.2. The first-order valence-corrected chi connectivity index (χ1v) is 7.27. The summed E-state index contributed by atoms with van der Waals surface area (Å²) in [6, 6.07) is 5.36. The SMILES string of the molecule is Cc1ccc(C)c(S(=O)(=O)NC/C=C/CCl)c1. The molecule has 0 amide bonds. The standard InChI is InChI=1S/C12H16ClNO2S/c1-10-5-6-11(2)12(9-10)17(15,16)14-8-4-3-7-13/h3-6,9,14H,7-8H2,1-2H3/b4-3+. The number of alkyl halides is 1.